The monoisotopic (exact) mass is 200 g/mol. The van der Waals surface area contributed by atoms with Crippen LogP contribution in [0.5, 0.6) is 0 Å². The summed E-state index contributed by atoms with van der Waals surface area (Å²) >= 11 is 0. The molecule has 0 radical (unpaired) electrons. The molecular formula is C10H20N2O2. The van der Waals surface area contributed by atoms with Crippen LogP contribution < -0.4 is 5.32 Å². The first-order valence-electron chi connectivity index (χ1n) is 4.91. The van der Waals surface area contributed by atoms with Crippen LogP contribution >= 0.6 is 0 Å². The van der Waals surface area contributed by atoms with Crippen LogP contribution in [0.3, 0.4) is 0 Å². The van der Waals surface area contributed by atoms with Crippen LogP contribution in [0.1, 0.15) is 20.3 Å². The van der Waals surface area contributed by atoms with E-state index < -0.39 is 5.54 Å². The molecule has 1 unspecified atom stereocenters. The average Bonchev–Trinajstić information content (AvgIpc) is 2.18. The number of nitriles is 1. The number of hydrogen-bond donors (Lipinski definition) is 1. The molecule has 0 amide bonds. The molecule has 0 spiro atoms. The second-order valence-electron chi connectivity index (χ2n) is 3.33. The van der Waals surface area contributed by atoms with Gasteiger partial charge in [0.2, 0.25) is 0 Å². The zero-order chi connectivity index (χ0) is 10.9. The third-order valence-electron chi connectivity index (χ3n) is 1.99. The normalized spacial score (nSPS) is 14.7. The van der Waals surface area contributed by atoms with Gasteiger partial charge in [0.05, 0.1) is 19.3 Å². The van der Waals surface area contributed by atoms with E-state index in [4.69, 9.17) is 14.7 Å². The fourth-order valence-electron chi connectivity index (χ4n) is 1.09. The van der Waals surface area contributed by atoms with E-state index in [0.29, 0.717) is 26.2 Å². The minimum absolute atomic E-state index is 0.470. The van der Waals surface area contributed by atoms with Crippen LogP contribution in [-0.4, -0.2) is 39.0 Å². The van der Waals surface area contributed by atoms with Crippen molar-refractivity contribution in [3.8, 4) is 6.07 Å². The Morgan fingerprint density at radius 2 is 2.07 bits per heavy atom. The van der Waals surface area contributed by atoms with Gasteiger partial charge in [0, 0.05) is 20.1 Å². The minimum Gasteiger partial charge on any atom is -0.382 e. The Morgan fingerprint density at radius 1 is 1.36 bits per heavy atom. The predicted molar refractivity (Wildman–Crippen MR) is 55.0 cm³/mol. The maximum absolute atomic E-state index is 8.93. The first-order valence-corrected chi connectivity index (χ1v) is 4.91. The van der Waals surface area contributed by atoms with Gasteiger partial charge in [0.1, 0.15) is 5.54 Å². The number of methoxy groups -OCH3 is 1. The van der Waals surface area contributed by atoms with Crippen LogP contribution in [0.4, 0.5) is 0 Å². The molecule has 0 aromatic carbocycles. The van der Waals surface area contributed by atoms with Crippen molar-refractivity contribution < 1.29 is 9.47 Å². The maximum Gasteiger partial charge on any atom is 0.106 e. The highest BCUT2D eigenvalue weighted by atomic mass is 16.5. The summed E-state index contributed by atoms with van der Waals surface area (Å²) in [4.78, 5) is 0. The maximum atomic E-state index is 8.93. The average molecular weight is 200 g/mol. The standard InChI is InChI=1S/C10H20N2O2/c1-4-12-10(2,9-11)5-6-14-8-7-13-3/h12H,4-8H2,1-3H3. The van der Waals surface area contributed by atoms with Crippen LogP contribution in [0.25, 0.3) is 0 Å². The van der Waals surface area contributed by atoms with Gasteiger partial charge in [0.15, 0.2) is 0 Å². The zero-order valence-electron chi connectivity index (χ0n) is 9.30. The molecule has 0 saturated heterocycles. The van der Waals surface area contributed by atoms with E-state index in [1.54, 1.807) is 7.11 Å². The number of rotatable bonds is 8. The van der Waals surface area contributed by atoms with Crippen LogP contribution in [0.15, 0.2) is 0 Å². The van der Waals surface area contributed by atoms with Crippen molar-refractivity contribution in [2.45, 2.75) is 25.8 Å². The number of ether oxygens (including phenoxy) is 2. The van der Waals surface area contributed by atoms with Crippen LogP contribution in [0, 0.1) is 11.3 Å². The molecule has 1 N–H and O–H groups in total. The summed E-state index contributed by atoms with van der Waals surface area (Å²) in [5, 5.41) is 12.1. The molecular weight excluding hydrogens is 180 g/mol. The Balaban J connectivity index is 3.58. The van der Waals surface area contributed by atoms with Gasteiger partial charge in [-0.3, -0.25) is 5.32 Å². The van der Waals surface area contributed by atoms with E-state index in [2.05, 4.69) is 11.4 Å². The van der Waals surface area contributed by atoms with Gasteiger partial charge >= 0.3 is 0 Å². The first kappa shape index (κ1) is 13.4. The molecule has 4 heteroatoms. The Morgan fingerprint density at radius 3 is 2.57 bits per heavy atom. The smallest absolute Gasteiger partial charge is 0.106 e. The molecule has 0 aliphatic rings. The number of nitrogens with zero attached hydrogens (tertiary/aromatic N) is 1. The lowest BCUT2D eigenvalue weighted by Gasteiger charge is -2.22. The van der Waals surface area contributed by atoms with E-state index in [1.165, 1.54) is 0 Å². The van der Waals surface area contributed by atoms with Gasteiger partial charge in [-0.25, -0.2) is 0 Å². The highest BCUT2D eigenvalue weighted by molar-refractivity contribution is 5.03. The Kier molecular flexibility index (Phi) is 7.40. The molecule has 0 saturated carbocycles. The van der Waals surface area contributed by atoms with E-state index in [-0.39, 0.29) is 0 Å². The van der Waals surface area contributed by atoms with Gasteiger partial charge in [-0.1, -0.05) is 6.92 Å². The summed E-state index contributed by atoms with van der Waals surface area (Å²) in [7, 11) is 1.64. The quantitative estimate of drug-likeness (QED) is 0.592. The van der Waals surface area contributed by atoms with Gasteiger partial charge < -0.3 is 9.47 Å². The molecule has 14 heavy (non-hydrogen) atoms. The summed E-state index contributed by atoms with van der Waals surface area (Å²) in [6.45, 7) is 6.44. The summed E-state index contributed by atoms with van der Waals surface area (Å²) in [5.74, 6) is 0. The van der Waals surface area contributed by atoms with Gasteiger partial charge in [-0.2, -0.15) is 5.26 Å². The van der Waals surface area contributed by atoms with E-state index in [1.807, 2.05) is 13.8 Å². The van der Waals surface area contributed by atoms with E-state index in [0.717, 1.165) is 6.54 Å². The molecule has 4 nitrogen and oxygen atoms in total. The summed E-state index contributed by atoms with van der Waals surface area (Å²) in [6.07, 6.45) is 0.695. The summed E-state index contributed by atoms with van der Waals surface area (Å²) < 4.78 is 10.1. The van der Waals surface area contributed by atoms with Crippen molar-refractivity contribution in [1.82, 2.24) is 5.32 Å². The lowest BCUT2D eigenvalue weighted by Crippen LogP contribution is -2.41. The molecule has 0 aliphatic carbocycles. The third-order valence-corrected chi connectivity index (χ3v) is 1.99. The molecule has 0 aromatic rings. The molecule has 0 aromatic heterocycles. The first-order chi connectivity index (χ1) is 6.68. The van der Waals surface area contributed by atoms with Gasteiger partial charge in [0.25, 0.3) is 0 Å². The van der Waals surface area contributed by atoms with Crippen molar-refractivity contribution in [3.63, 3.8) is 0 Å². The largest absolute Gasteiger partial charge is 0.382 e. The second-order valence-corrected chi connectivity index (χ2v) is 3.33. The second kappa shape index (κ2) is 7.74. The van der Waals surface area contributed by atoms with E-state index >= 15 is 0 Å². The number of hydrogen-bond acceptors (Lipinski definition) is 4. The molecule has 0 bridgehead atoms. The molecule has 0 rings (SSSR count). The Labute approximate surface area is 86.2 Å². The molecule has 82 valence electrons. The minimum atomic E-state index is -0.470. The van der Waals surface area contributed by atoms with Crippen LogP contribution in [-0.2, 0) is 9.47 Å². The number of nitrogens with one attached hydrogen (secondary N) is 1. The Bertz CT molecular complexity index is 179. The van der Waals surface area contributed by atoms with Gasteiger partial charge in [-0.15, -0.1) is 0 Å². The lowest BCUT2D eigenvalue weighted by atomic mass is 10.0. The SMILES string of the molecule is CCNC(C)(C#N)CCOCCOC. The van der Waals surface area contributed by atoms with Crippen molar-refractivity contribution in [2.75, 3.05) is 33.5 Å². The van der Waals surface area contributed by atoms with Crippen molar-refractivity contribution in [1.29, 1.82) is 5.26 Å². The molecule has 1 atom stereocenters. The van der Waals surface area contributed by atoms with Crippen molar-refractivity contribution >= 4 is 0 Å². The lowest BCUT2D eigenvalue weighted by molar-refractivity contribution is 0.0632. The predicted octanol–water partition coefficient (Wildman–Crippen LogP) is 0.931. The fraction of sp³-hybridized carbons (Fsp3) is 0.900. The summed E-state index contributed by atoms with van der Waals surface area (Å²) in [5.41, 5.74) is -0.470. The van der Waals surface area contributed by atoms with Crippen LogP contribution in [0.2, 0.25) is 0 Å². The third kappa shape index (κ3) is 5.92. The highest BCUT2D eigenvalue weighted by Crippen LogP contribution is 2.07. The van der Waals surface area contributed by atoms with Gasteiger partial charge in [-0.05, 0) is 13.5 Å². The highest BCUT2D eigenvalue weighted by Gasteiger charge is 2.21. The molecule has 0 fully saturated rings. The van der Waals surface area contributed by atoms with Crippen molar-refractivity contribution in [3.05, 3.63) is 0 Å². The Hall–Kier alpha value is -0.630. The summed E-state index contributed by atoms with van der Waals surface area (Å²) in [6, 6.07) is 2.25. The zero-order valence-corrected chi connectivity index (χ0v) is 9.30. The van der Waals surface area contributed by atoms with Crippen molar-refractivity contribution in [2.24, 2.45) is 0 Å². The molecule has 0 aliphatic heterocycles. The fourth-order valence-corrected chi connectivity index (χ4v) is 1.09. The van der Waals surface area contributed by atoms with E-state index in [9.17, 15) is 0 Å². The molecule has 0 heterocycles. The topological polar surface area (TPSA) is 54.3 Å².